The minimum Gasteiger partial charge on any atom is -0.481 e. The zero-order chi connectivity index (χ0) is 14.4. The van der Waals surface area contributed by atoms with Gasteiger partial charge in [0.25, 0.3) is 5.91 Å². The molecule has 2 N–H and O–H groups in total. The number of carboxylic acids is 1. The first-order valence-electron chi connectivity index (χ1n) is 6.17. The summed E-state index contributed by atoms with van der Waals surface area (Å²) in [5.41, 5.74) is 0.510. The van der Waals surface area contributed by atoms with Gasteiger partial charge in [-0.05, 0) is 40.4 Å². The maximum atomic E-state index is 11.9. The summed E-state index contributed by atoms with van der Waals surface area (Å²) in [5, 5.41) is 11.8. The van der Waals surface area contributed by atoms with Crippen LogP contribution in [0.2, 0.25) is 0 Å². The second-order valence-corrected chi connectivity index (χ2v) is 5.71. The molecule has 0 bridgehead atoms. The Morgan fingerprint density at radius 1 is 1.32 bits per heavy atom. The van der Waals surface area contributed by atoms with E-state index in [1.165, 1.54) is 0 Å². The third-order valence-electron chi connectivity index (χ3n) is 2.73. The molecule has 1 atom stereocenters. The van der Waals surface area contributed by atoms with E-state index in [1.54, 1.807) is 18.2 Å². The van der Waals surface area contributed by atoms with Gasteiger partial charge in [0, 0.05) is 11.0 Å². The summed E-state index contributed by atoms with van der Waals surface area (Å²) in [6, 6.07) is 7.05. The van der Waals surface area contributed by atoms with Gasteiger partial charge in [-0.1, -0.05) is 26.0 Å². The molecule has 104 valence electrons. The normalized spacial score (nSPS) is 12.2. The zero-order valence-corrected chi connectivity index (χ0v) is 12.6. The van der Waals surface area contributed by atoms with Crippen LogP contribution in [0.25, 0.3) is 0 Å². The van der Waals surface area contributed by atoms with Gasteiger partial charge in [0.05, 0.1) is 11.5 Å². The van der Waals surface area contributed by atoms with E-state index in [0.29, 0.717) is 16.5 Å². The van der Waals surface area contributed by atoms with Crippen molar-refractivity contribution in [1.29, 1.82) is 0 Å². The van der Waals surface area contributed by atoms with Crippen LogP contribution in [0.1, 0.15) is 30.6 Å². The highest BCUT2D eigenvalue weighted by atomic mass is 79.9. The lowest BCUT2D eigenvalue weighted by molar-refractivity contribution is -0.142. The third kappa shape index (κ3) is 5.03. The highest BCUT2D eigenvalue weighted by molar-refractivity contribution is 9.10. The van der Waals surface area contributed by atoms with Crippen molar-refractivity contribution in [2.75, 3.05) is 6.54 Å². The molecule has 1 rings (SSSR count). The molecule has 0 heterocycles. The second-order valence-electron chi connectivity index (χ2n) is 4.85. The fraction of sp³-hybridized carbons (Fsp3) is 0.429. The van der Waals surface area contributed by atoms with Crippen molar-refractivity contribution in [2.45, 2.75) is 20.3 Å². The van der Waals surface area contributed by atoms with E-state index >= 15 is 0 Å². The maximum Gasteiger partial charge on any atom is 0.308 e. The molecule has 0 aliphatic carbocycles. The molecular weight excluding hydrogens is 310 g/mol. The van der Waals surface area contributed by atoms with Gasteiger partial charge >= 0.3 is 5.97 Å². The van der Waals surface area contributed by atoms with Gasteiger partial charge in [-0.2, -0.15) is 0 Å². The predicted octanol–water partition coefficient (Wildman–Crippen LogP) is 2.93. The molecule has 0 radical (unpaired) electrons. The molecule has 1 amide bonds. The van der Waals surface area contributed by atoms with E-state index in [2.05, 4.69) is 21.2 Å². The van der Waals surface area contributed by atoms with Crippen molar-refractivity contribution in [2.24, 2.45) is 11.8 Å². The van der Waals surface area contributed by atoms with Crippen molar-refractivity contribution in [3.63, 3.8) is 0 Å². The number of nitrogens with one attached hydrogen (secondary N) is 1. The highest BCUT2D eigenvalue weighted by Crippen LogP contribution is 2.16. The molecule has 0 aliphatic heterocycles. The number of halogens is 1. The molecule has 0 fully saturated rings. The van der Waals surface area contributed by atoms with Crippen molar-refractivity contribution in [1.82, 2.24) is 5.32 Å². The SMILES string of the molecule is CC(C)CC(CNC(=O)c1ccccc1Br)C(=O)O. The zero-order valence-electron chi connectivity index (χ0n) is 11.0. The van der Waals surface area contributed by atoms with Gasteiger partial charge < -0.3 is 10.4 Å². The Morgan fingerprint density at radius 3 is 2.47 bits per heavy atom. The molecule has 0 saturated carbocycles. The minimum atomic E-state index is -0.874. The Labute approximate surface area is 121 Å². The smallest absolute Gasteiger partial charge is 0.308 e. The van der Waals surface area contributed by atoms with E-state index < -0.39 is 11.9 Å². The molecule has 0 aliphatic rings. The average Bonchev–Trinajstić information content (AvgIpc) is 2.34. The van der Waals surface area contributed by atoms with Gasteiger partial charge in [-0.15, -0.1) is 0 Å². The number of amides is 1. The molecule has 1 aromatic carbocycles. The monoisotopic (exact) mass is 327 g/mol. The number of carbonyl (C=O) groups excluding carboxylic acids is 1. The number of benzene rings is 1. The lowest BCUT2D eigenvalue weighted by atomic mass is 9.97. The predicted molar refractivity (Wildman–Crippen MR) is 77.1 cm³/mol. The van der Waals surface area contributed by atoms with E-state index in [-0.39, 0.29) is 18.4 Å². The van der Waals surface area contributed by atoms with E-state index in [9.17, 15) is 9.59 Å². The molecule has 1 unspecified atom stereocenters. The summed E-state index contributed by atoms with van der Waals surface area (Å²) < 4.78 is 0.697. The standard InChI is InChI=1S/C14H18BrNO3/c1-9(2)7-10(14(18)19)8-16-13(17)11-5-3-4-6-12(11)15/h3-6,9-10H,7-8H2,1-2H3,(H,16,17)(H,18,19). The van der Waals surface area contributed by atoms with Gasteiger partial charge in [-0.25, -0.2) is 0 Å². The van der Waals surface area contributed by atoms with Crippen LogP contribution >= 0.6 is 15.9 Å². The number of rotatable bonds is 6. The Bertz CT molecular complexity index is 460. The van der Waals surface area contributed by atoms with E-state index in [4.69, 9.17) is 5.11 Å². The fourth-order valence-corrected chi connectivity index (χ4v) is 2.26. The van der Waals surface area contributed by atoms with Crippen LogP contribution in [0, 0.1) is 11.8 Å². The van der Waals surface area contributed by atoms with Crippen molar-refractivity contribution >= 4 is 27.8 Å². The van der Waals surface area contributed by atoms with Gasteiger partial charge in [0.2, 0.25) is 0 Å². The first-order chi connectivity index (χ1) is 8.91. The van der Waals surface area contributed by atoms with Crippen molar-refractivity contribution < 1.29 is 14.7 Å². The Kier molecular flexibility index (Phi) is 6.02. The summed E-state index contributed by atoms with van der Waals surface area (Å²) >= 11 is 3.30. The molecule has 0 aromatic heterocycles. The number of carbonyl (C=O) groups is 2. The molecule has 5 heteroatoms. The van der Waals surface area contributed by atoms with Crippen molar-refractivity contribution in [3.05, 3.63) is 34.3 Å². The molecule has 1 aromatic rings. The molecule has 0 spiro atoms. The number of aliphatic carboxylic acids is 1. The van der Waals surface area contributed by atoms with Crippen LogP contribution in [0.15, 0.2) is 28.7 Å². The summed E-state index contributed by atoms with van der Waals surface area (Å²) in [6.45, 7) is 4.07. The van der Waals surface area contributed by atoms with Crippen molar-refractivity contribution in [3.8, 4) is 0 Å². The van der Waals surface area contributed by atoms with Gasteiger partial charge in [-0.3, -0.25) is 9.59 Å². The molecule has 19 heavy (non-hydrogen) atoms. The maximum absolute atomic E-state index is 11.9. The first-order valence-corrected chi connectivity index (χ1v) is 6.96. The lowest BCUT2D eigenvalue weighted by Gasteiger charge is -2.15. The summed E-state index contributed by atoms with van der Waals surface area (Å²) in [5.74, 6) is -1.41. The quantitative estimate of drug-likeness (QED) is 0.844. The number of carboxylic acid groups (broad SMARTS) is 1. The summed E-state index contributed by atoms with van der Waals surface area (Å²) in [7, 11) is 0. The molecule has 0 saturated heterocycles. The first kappa shape index (κ1) is 15.7. The lowest BCUT2D eigenvalue weighted by Crippen LogP contribution is -2.33. The highest BCUT2D eigenvalue weighted by Gasteiger charge is 2.20. The molecular formula is C14H18BrNO3. The third-order valence-corrected chi connectivity index (χ3v) is 3.42. The van der Waals surface area contributed by atoms with Crippen LogP contribution in [0.3, 0.4) is 0 Å². The van der Waals surface area contributed by atoms with E-state index in [0.717, 1.165) is 0 Å². The second kappa shape index (κ2) is 7.28. The van der Waals surface area contributed by atoms with Crippen LogP contribution in [-0.2, 0) is 4.79 Å². The Morgan fingerprint density at radius 2 is 1.95 bits per heavy atom. The summed E-state index contributed by atoms with van der Waals surface area (Å²) in [4.78, 5) is 23.0. The largest absolute Gasteiger partial charge is 0.481 e. The van der Waals surface area contributed by atoms with Gasteiger partial charge in [0.15, 0.2) is 0 Å². The number of hydrogen-bond acceptors (Lipinski definition) is 2. The minimum absolute atomic E-state index is 0.147. The number of hydrogen-bond donors (Lipinski definition) is 2. The fourth-order valence-electron chi connectivity index (χ4n) is 1.80. The summed E-state index contributed by atoms with van der Waals surface area (Å²) in [6.07, 6.45) is 0.547. The topological polar surface area (TPSA) is 66.4 Å². The van der Waals surface area contributed by atoms with Crippen LogP contribution < -0.4 is 5.32 Å². The average molecular weight is 328 g/mol. The van der Waals surface area contributed by atoms with Crippen LogP contribution in [-0.4, -0.2) is 23.5 Å². The van der Waals surface area contributed by atoms with Crippen LogP contribution in [0.5, 0.6) is 0 Å². The van der Waals surface area contributed by atoms with E-state index in [1.807, 2.05) is 19.9 Å². The molecule has 4 nitrogen and oxygen atoms in total. The Balaban J connectivity index is 2.62. The van der Waals surface area contributed by atoms with Crippen LogP contribution in [0.4, 0.5) is 0 Å². The Hall–Kier alpha value is -1.36. The van der Waals surface area contributed by atoms with Gasteiger partial charge in [0.1, 0.15) is 0 Å².